The number of aryl methyl sites for hydroxylation is 1. The lowest BCUT2D eigenvalue weighted by Gasteiger charge is -2.35. The van der Waals surface area contributed by atoms with Gasteiger partial charge in [-0.05, 0) is 50.4 Å². The van der Waals surface area contributed by atoms with Crippen LogP contribution >= 0.6 is 0 Å². The van der Waals surface area contributed by atoms with Crippen LogP contribution in [0.2, 0.25) is 0 Å². The third-order valence-electron chi connectivity index (χ3n) is 4.62. The first kappa shape index (κ1) is 15.5. The molecule has 0 heterocycles. The van der Waals surface area contributed by atoms with E-state index in [4.69, 9.17) is 0 Å². The molecule has 2 nitrogen and oxygen atoms in total. The lowest BCUT2D eigenvalue weighted by atomic mass is 9.84. The monoisotopic (exact) mass is 274 g/mol. The van der Waals surface area contributed by atoms with Gasteiger partial charge in [-0.2, -0.15) is 0 Å². The van der Waals surface area contributed by atoms with Crippen molar-refractivity contribution in [2.45, 2.75) is 52.1 Å². The van der Waals surface area contributed by atoms with Crippen molar-refractivity contribution in [3.8, 4) is 0 Å². The van der Waals surface area contributed by atoms with E-state index in [9.17, 15) is 0 Å². The summed E-state index contributed by atoms with van der Waals surface area (Å²) >= 11 is 0. The Morgan fingerprint density at radius 1 is 1.20 bits per heavy atom. The summed E-state index contributed by atoms with van der Waals surface area (Å²) in [5.74, 6) is 0.817. The third-order valence-corrected chi connectivity index (χ3v) is 4.62. The standard InChI is InChI=1S/C18H30N2/c1-4-19-18-12-8-7-11-17(18)14-20(3)13-16-10-6-5-9-15(16)2/h5-6,9-10,17-19H,4,7-8,11-14H2,1-3H3. The number of rotatable bonds is 6. The number of hydrogen-bond donors (Lipinski definition) is 1. The van der Waals surface area contributed by atoms with Crippen molar-refractivity contribution in [2.24, 2.45) is 5.92 Å². The van der Waals surface area contributed by atoms with E-state index in [2.05, 4.69) is 55.4 Å². The van der Waals surface area contributed by atoms with Gasteiger partial charge in [-0.15, -0.1) is 0 Å². The Kier molecular flexibility index (Phi) is 6.06. The second kappa shape index (κ2) is 7.80. The van der Waals surface area contributed by atoms with Gasteiger partial charge in [-0.25, -0.2) is 0 Å². The lowest BCUT2D eigenvalue weighted by molar-refractivity contribution is 0.186. The van der Waals surface area contributed by atoms with Gasteiger partial charge >= 0.3 is 0 Å². The maximum Gasteiger partial charge on any atom is 0.0233 e. The maximum atomic E-state index is 3.69. The zero-order valence-corrected chi connectivity index (χ0v) is 13.4. The molecule has 1 N–H and O–H groups in total. The molecule has 1 aliphatic rings. The third kappa shape index (κ3) is 4.32. The van der Waals surface area contributed by atoms with Crippen molar-refractivity contribution in [2.75, 3.05) is 20.1 Å². The molecule has 20 heavy (non-hydrogen) atoms. The molecule has 1 aromatic rings. The van der Waals surface area contributed by atoms with Gasteiger partial charge in [-0.3, -0.25) is 0 Å². The van der Waals surface area contributed by atoms with Crippen LogP contribution in [0.4, 0.5) is 0 Å². The van der Waals surface area contributed by atoms with Crippen LogP contribution in [0, 0.1) is 12.8 Å². The summed E-state index contributed by atoms with van der Waals surface area (Å²) in [5, 5.41) is 3.69. The fourth-order valence-corrected chi connectivity index (χ4v) is 3.50. The number of nitrogens with one attached hydrogen (secondary N) is 1. The molecule has 1 aliphatic carbocycles. The average Bonchev–Trinajstić information content (AvgIpc) is 2.44. The first-order chi connectivity index (χ1) is 9.70. The molecule has 2 rings (SSSR count). The van der Waals surface area contributed by atoms with Crippen molar-refractivity contribution in [1.82, 2.24) is 10.2 Å². The van der Waals surface area contributed by atoms with Crippen LogP contribution in [0.1, 0.15) is 43.7 Å². The summed E-state index contributed by atoms with van der Waals surface area (Å²) in [5.41, 5.74) is 2.87. The van der Waals surface area contributed by atoms with Gasteiger partial charge in [0.1, 0.15) is 0 Å². The fraction of sp³-hybridized carbons (Fsp3) is 0.667. The molecular weight excluding hydrogens is 244 g/mol. The summed E-state index contributed by atoms with van der Waals surface area (Å²) in [7, 11) is 2.27. The Balaban J connectivity index is 1.89. The zero-order valence-electron chi connectivity index (χ0n) is 13.4. The van der Waals surface area contributed by atoms with Crippen LogP contribution < -0.4 is 5.32 Å². The molecule has 2 heteroatoms. The van der Waals surface area contributed by atoms with E-state index in [1.165, 1.54) is 43.4 Å². The molecule has 2 atom stereocenters. The summed E-state index contributed by atoms with van der Waals surface area (Å²) in [6.07, 6.45) is 5.55. The van der Waals surface area contributed by atoms with Crippen molar-refractivity contribution in [3.63, 3.8) is 0 Å². The Bertz CT molecular complexity index is 400. The average molecular weight is 274 g/mol. The first-order valence-corrected chi connectivity index (χ1v) is 8.17. The number of benzene rings is 1. The molecule has 1 aromatic carbocycles. The Morgan fingerprint density at radius 2 is 1.95 bits per heavy atom. The van der Waals surface area contributed by atoms with Gasteiger partial charge in [0.15, 0.2) is 0 Å². The highest BCUT2D eigenvalue weighted by Gasteiger charge is 2.25. The Morgan fingerprint density at radius 3 is 2.70 bits per heavy atom. The SMILES string of the molecule is CCNC1CCCCC1CN(C)Cc1ccccc1C. The van der Waals surface area contributed by atoms with Gasteiger partial charge in [0.25, 0.3) is 0 Å². The van der Waals surface area contributed by atoms with Crippen LogP contribution in [0.25, 0.3) is 0 Å². The molecule has 0 aromatic heterocycles. The van der Waals surface area contributed by atoms with Gasteiger partial charge < -0.3 is 10.2 Å². The molecule has 1 fully saturated rings. The normalized spacial score (nSPS) is 23.2. The second-order valence-corrected chi connectivity index (χ2v) is 6.33. The molecule has 2 unspecified atom stereocenters. The van der Waals surface area contributed by atoms with Crippen LogP contribution in [0.15, 0.2) is 24.3 Å². The molecule has 1 saturated carbocycles. The van der Waals surface area contributed by atoms with Gasteiger partial charge in [0, 0.05) is 19.1 Å². The summed E-state index contributed by atoms with van der Waals surface area (Å²) in [6.45, 7) is 7.82. The minimum atomic E-state index is 0.730. The molecule has 0 bridgehead atoms. The molecule has 0 radical (unpaired) electrons. The van der Waals surface area contributed by atoms with Crippen molar-refractivity contribution < 1.29 is 0 Å². The zero-order chi connectivity index (χ0) is 14.4. The maximum absolute atomic E-state index is 3.69. The van der Waals surface area contributed by atoms with Crippen LogP contribution in [-0.4, -0.2) is 31.1 Å². The topological polar surface area (TPSA) is 15.3 Å². The van der Waals surface area contributed by atoms with Crippen LogP contribution in [0.3, 0.4) is 0 Å². The van der Waals surface area contributed by atoms with Crippen molar-refractivity contribution in [1.29, 1.82) is 0 Å². The largest absolute Gasteiger partial charge is 0.314 e. The lowest BCUT2D eigenvalue weighted by Crippen LogP contribution is -2.43. The smallest absolute Gasteiger partial charge is 0.0233 e. The van der Waals surface area contributed by atoms with Gasteiger partial charge in [-0.1, -0.05) is 44.0 Å². The second-order valence-electron chi connectivity index (χ2n) is 6.33. The van der Waals surface area contributed by atoms with E-state index in [1.54, 1.807) is 0 Å². The van der Waals surface area contributed by atoms with E-state index in [1.807, 2.05) is 0 Å². The van der Waals surface area contributed by atoms with Crippen LogP contribution in [-0.2, 0) is 6.54 Å². The highest BCUT2D eigenvalue weighted by Crippen LogP contribution is 2.25. The van der Waals surface area contributed by atoms with E-state index in [-0.39, 0.29) is 0 Å². The number of hydrogen-bond acceptors (Lipinski definition) is 2. The van der Waals surface area contributed by atoms with E-state index >= 15 is 0 Å². The van der Waals surface area contributed by atoms with Crippen LogP contribution in [0.5, 0.6) is 0 Å². The highest BCUT2D eigenvalue weighted by molar-refractivity contribution is 5.25. The Labute approximate surface area is 124 Å². The number of nitrogens with zero attached hydrogens (tertiary/aromatic N) is 1. The van der Waals surface area contributed by atoms with E-state index in [0.29, 0.717) is 0 Å². The van der Waals surface area contributed by atoms with Crippen molar-refractivity contribution in [3.05, 3.63) is 35.4 Å². The molecule has 0 spiro atoms. The summed E-state index contributed by atoms with van der Waals surface area (Å²) < 4.78 is 0. The molecule has 0 aliphatic heterocycles. The predicted molar refractivity (Wildman–Crippen MR) is 86.9 cm³/mol. The van der Waals surface area contributed by atoms with E-state index < -0.39 is 0 Å². The molecule has 0 amide bonds. The molecule has 0 saturated heterocycles. The predicted octanol–water partition coefficient (Wildman–Crippen LogP) is 3.60. The summed E-state index contributed by atoms with van der Waals surface area (Å²) in [6, 6.07) is 9.48. The fourth-order valence-electron chi connectivity index (χ4n) is 3.50. The molecular formula is C18H30N2. The van der Waals surface area contributed by atoms with E-state index in [0.717, 1.165) is 25.0 Å². The van der Waals surface area contributed by atoms with Gasteiger partial charge in [0.2, 0.25) is 0 Å². The minimum Gasteiger partial charge on any atom is -0.314 e. The Hall–Kier alpha value is -0.860. The first-order valence-electron chi connectivity index (χ1n) is 8.17. The molecule has 112 valence electrons. The minimum absolute atomic E-state index is 0.730. The van der Waals surface area contributed by atoms with Gasteiger partial charge in [0.05, 0.1) is 0 Å². The highest BCUT2D eigenvalue weighted by atomic mass is 15.1. The quantitative estimate of drug-likeness (QED) is 0.853. The summed E-state index contributed by atoms with van der Waals surface area (Å²) in [4.78, 5) is 2.50. The van der Waals surface area contributed by atoms with Crippen molar-refractivity contribution >= 4 is 0 Å².